The van der Waals surface area contributed by atoms with Gasteiger partial charge in [0.2, 0.25) is 0 Å². The van der Waals surface area contributed by atoms with Gasteiger partial charge in [-0.15, -0.1) is 11.3 Å². The first-order valence-electron chi connectivity index (χ1n) is 9.02. The molecule has 0 fully saturated rings. The van der Waals surface area contributed by atoms with E-state index in [1.807, 2.05) is 38.1 Å². The first-order chi connectivity index (χ1) is 13.0. The van der Waals surface area contributed by atoms with Crippen molar-refractivity contribution < 1.29 is 14.3 Å². The predicted molar refractivity (Wildman–Crippen MR) is 105 cm³/mol. The fourth-order valence-electron chi connectivity index (χ4n) is 3.37. The van der Waals surface area contributed by atoms with Crippen molar-refractivity contribution in [3.8, 4) is 6.07 Å². The van der Waals surface area contributed by atoms with Crippen LogP contribution in [0.2, 0.25) is 0 Å². The molecule has 140 valence electrons. The van der Waals surface area contributed by atoms with E-state index in [0.717, 1.165) is 36.1 Å². The number of fused-ring (bicyclic) bond motifs is 1. The predicted octanol–water partition coefficient (Wildman–Crippen LogP) is 3.96. The van der Waals surface area contributed by atoms with Crippen LogP contribution in [0, 0.1) is 25.2 Å². The zero-order valence-electron chi connectivity index (χ0n) is 15.6. The van der Waals surface area contributed by atoms with Gasteiger partial charge in [-0.2, -0.15) is 5.26 Å². The van der Waals surface area contributed by atoms with Gasteiger partial charge in [0.05, 0.1) is 12.5 Å². The Balaban J connectivity index is 1.68. The lowest BCUT2D eigenvalue weighted by Crippen LogP contribution is -2.35. The van der Waals surface area contributed by atoms with Crippen LogP contribution in [0.25, 0.3) is 0 Å². The van der Waals surface area contributed by atoms with E-state index in [2.05, 4.69) is 6.07 Å². The second-order valence-electron chi connectivity index (χ2n) is 6.79. The van der Waals surface area contributed by atoms with Crippen LogP contribution in [0.5, 0.6) is 0 Å². The van der Waals surface area contributed by atoms with Crippen molar-refractivity contribution in [2.45, 2.75) is 39.5 Å². The van der Waals surface area contributed by atoms with Gasteiger partial charge in [-0.25, -0.2) is 4.79 Å². The van der Waals surface area contributed by atoms with Crippen LogP contribution in [0.4, 0.5) is 5.69 Å². The van der Waals surface area contributed by atoms with Crippen molar-refractivity contribution >= 4 is 28.9 Å². The third kappa shape index (κ3) is 4.55. The zero-order chi connectivity index (χ0) is 19.4. The fourth-order valence-corrected chi connectivity index (χ4v) is 4.52. The van der Waals surface area contributed by atoms with Crippen molar-refractivity contribution in [2.75, 3.05) is 18.1 Å². The highest BCUT2D eigenvalue weighted by Gasteiger charge is 2.22. The maximum Gasteiger partial charge on any atom is 0.348 e. The Morgan fingerprint density at radius 2 is 1.93 bits per heavy atom. The number of thiophene rings is 1. The van der Waals surface area contributed by atoms with Gasteiger partial charge in [0.1, 0.15) is 4.88 Å². The normalized spacial score (nSPS) is 12.3. The molecule has 0 saturated heterocycles. The molecule has 27 heavy (non-hydrogen) atoms. The highest BCUT2D eigenvalue weighted by atomic mass is 32.1. The van der Waals surface area contributed by atoms with Gasteiger partial charge >= 0.3 is 5.97 Å². The number of aryl methyl sites for hydroxylation is 4. The summed E-state index contributed by atoms with van der Waals surface area (Å²) in [6.07, 6.45) is 3.37. The van der Waals surface area contributed by atoms with Gasteiger partial charge in [0.25, 0.3) is 5.91 Å². The highest BCUT2D eigenvalue weighted by molar-refractivity contribution is 7.14. The van der Waals surface area contributed by atoms with Gasteiger partial charge in [0, 0.05) is 17.1 Å². The lowest BCUT2D eigenvalue weighted by Gasteiger charge is -2.22. The molecule has 2 aromatic rings. The monoisotopic (exact) mass is 382 g/mol. The number of rotatable bonds is 6. The summed E-state index contributed by atoms with van der Waals surface area (Å²) in [4.78, 5) is 28.3. The minimum absolute atomic E-state index is 0.213. The van der Waals surface area contributed by atoms with Crippen LogP contribution in [-0.2, 0) is 22.4 Å². The maximum atomic E-state index is 12.7. The summed E-state index contributed by atoms with van der Waals surface area (Å²) in [6, 6.07) is 9.76. The molecule has 3 rings (SSSR count). The van der Waals surface area contributed by atoms with Crippen LogP contribution in [-0.4, -0.2) is 25.0 Å². The minimum Gasteiger partial charge on any atom is -0.451 e. The number of esters is 1. The van der Waals surface area contributed by atoms with Gasteiger partial charge < -0.3 is 9.64 Å². The summed E-state index contributed by atoms with van der Waals surface area (Å²) >= 11 is 1.46. The van der Waals surface area contributed by atoms with Gasteiger partial charge in [-0.3, -0.25) is 4.79 Å². The first kappa shape index (κ1) is 19.1. The number of amides is 1. The molecule has 1 aromatic carbocycles. The minimum atomic E-state index is -0.455. The number of nitriles is 1. The van der Waals surface area contributed by atoms with E-state index < -0.39 is 5.97 Å². The van der Waals surface area contributed by atoms with E-state index in [1.54, 1.807) is 0 Å². The molecular weight excluding hydrogens is 360 g/mol. The standard InChI is InChI=1S/C21H22N2O3S/c1-14-9-15(2)11-17(10-14)23(8-4-7-22)20(24)13-26-21(25)19-12-16-5-3-6-18(16)27-19/h9-12H,3-6,8,13H2,1-2H3. The lowest BCUT2D eigenvalue weighted by molar-refractivity contribution is -0.121. The number of nitrogens with zero attached hydrogens (tertiary/aromatic N) is 2. The number of anilines is 1. The molecule has 0 saturated carbocycles. The quantitative estimate of drug-likeness (QED) is 0.709. The summed E-state index contributed by atoms with van der Waals surface area (Å²) in [5.74, 6) is -0.781. The molecule has 6 heteroatoms. The average Bonchev–Trinajstić information content (AvgIpc) is 3.21. The number of hydrogen-bond donors (Lipinski definition) is 0. The Morgan fingerprint density at radius 1 is 1.19 bits per heavy atom. The second kappa shape index (κ2) is 8.36. The van der Waals surface area contributed by atoms with Crippen molar-refractivity contribution in [1.82, 2.24) is 0 Å². The molecule has 0 unspecified atom stereocenters. The van der Waals surface area contributed by atoms with Crippen LogP contribution in [0.3, 0.4) is 0 Å². The molecule has 1 aliphatic rings. The van der Waals surface area contributed by atoms with E-state index in [-0.39, 0.29) is 25.5 Å². The molecule has 0 N–H and O–H groups in total. The average molecular weight is 382 g/mol. The van der Waals surface area contributed by atoms with E-state index in [4.69, 9.17) is 10.00 Å². The smallest absolute Gasteiger partial charge is 0.348 e. The maximum absolute atomic E-state index is 12.7. The molecule has 1 heterocycles. The van der Waals surface area contributed by atoms with E-state index in [9.17, 15) is 9.59 Å². The molecule has 5 nitrogen and oxygen atoms in total. The van der Waals surface area contributed by atoms with E-state index in [1.165, 1.54) is 26.7 Å². The summed E-state index contributed by atoms with van der Waals surface area (Å²) in [5.41, 5.74) is 4.01. The first-order valence-corrected chi connectivity index (χ1v) is 9.84. The molecule has 1 aromatic heterocycles. The van der Waals surface area contributed by atoms with Gasteiger partial charge in [0.15, 0.2) is 6.61 Å². The summed E-state index contributed by atoms with van der Waals surface area (Å²) in [5, 5.41) is 8.91. The number of carbonyl (C=O) groups excluding carboxylic acids is 2. The second-order valence-corrected chi connectivity index (χ2v) is 7.92. The Hall–Kier alpha value is -2.65. The molecule has 0 aliphatic heterocycles. The van der Waals surface area contributed by atoms with Crippen LogP contribution in [0.1, 0.15) is 44.1 Å². The molecule has 0 bridgehead atoms. The van der Waals surface area contributed by atoms with Crippen LogP contribution >= 0.6 is 11.3 Å². The lowest BCUT2D eigenvalue weighted by atomic mass is 10.1. The third-order valence-corrected chi connectivity index (χ3v) is 5.76. The van der Waals surface area contributed by atoms with Gasteiger partial charge in [-0.1, -0.05) is 6.07 Å². The molecular formula is C21H22N2O3S. The highest BCUT2D eigenvalue weighted by Crippen LogP contribution is 2.31. The Kier molecular flexibility index (Phi) is 5.92. The summed E-state index contributed by atoms with van der Waals surface area (Å²) in [7, 11) is 0. The van der Waals surface area contributed by atoms with Crippen molar-refractivity contribution in [3.05, 3.63) is 50.7 Å². The third-order valence-electron chi connectivity index (χ3n) is 4.54. The van der Waals surface area contributed by atoms with Crippen LogP contribution < -0.4 is 4.90 Å². The molecule has 0 spiro atoms. The molecule has 1 amide bonds. The largest absolute Gasteiger partial charge is 0.451 e. The Labute approximate surface area is 163 Å². The topological polar surface area (TPSA) is 70.4 Å². The van der Waals surface area contributed by atoms with E-state index in [0.29, 0.717) is 4.88 Å². The van der Waals surface area contributed by atoms with Crippen molar-refractivity contribution in [3.63, 3.8) is 0 Å². The molecule has 0 radical (unpaired) electrons. The number of ether oxygens (including phenoxy) is 1. The van der Waals surface area contributed by atoms with E-state index >= 15 is 0 Å². The van der Waals surface area contributed by atoms with Gasteiger partial charge in [-0.05, 0) is 68.0 Å². The number of benzene rings is 1. The van der Waals surface area contributed by atoms with Crippen molar-refractivity contribution in [1.29, 1.82) is 5.26 Å². The number of hydrogen-bond acceptors (Lipinski definition) is 5. The Bertz CT molecular complexity index is 869. The fraction of sp³-hybridized carbons (Fsp3) is 0.381. The molecule has 1 aliphatic carbocycles. The SMILES string of the molecule is Cc1cc(C)cc(N(CCC#N)C(=O)COC(=O)c2cc3c(s2)CCC3)c1. The van der Waals surface area contributed by atoms with Crippen LogP contribution in [0.15, 0.2) is 24.3 Å². The summed E-state index contributed by atoms with van der Waals surface area (Å²) in [6.45, 7) is 3.85. The Morgan fingerprint density at radius 3 is 2.59 bits per heavy atom. The van der Waals surface area contributed by atoms with Crippen molar-refractivity contribution in [2.24, 2.45) is 0 Å². The zero-order valence-corrected chi connectivity index (χ0v) is 16.4. The number of carbonyl (C=O) groups is 2. The summed E-state index contributed by atoms with van der Waals surface area (Å²) < 4.78 is 5.27. The molecule has 0 atom stereocenters.